The number of ether oxygens (including phenoxy) is 1. The molecule has 0 aliphatic carbocycles. The summed E-state index contributed by atoms with van der Waals surface area (Å²) in [6, 6.07) is 9.20. The van der Waals surface area contributed by atoms with Gasteiger partial charge in [0.1, 0.15) is 0 Å². The second kappa shape index (κ2) is 9.40. The molecular weight excluding hydrogens is 254 g/mol. The molecule has 108 valence electrons. The van der Waals surface area contributed by atoms with Gasteiger partial charge in [-0.2, -0.15) is 0 Å². The first kappa shape index (κ1) is 16.5. The molecule has 0 aromatic heterocycles. The zero-order chi connectivity index (χ0) is 14.1. The summed E-state index contributed by atoms with van der Waals surface area (Å²) in [7, 11) is 1.99. The minimum atomic E-state index is 0.415. The fourth-order valence-electron chi connectivity index (χ4n) is 1.66. The highest BCUT2D eigenvalue weighted by Gasteiger charge is 2.02. The van der Waals surface area contributed by atoms with E-state index in [1.165, 1.54) is 10.5 Å². The van der Waals surface area contributed by atoms with Gasteiger partial charge in [-0.05, 0) is 44.0 Å². The highest BCUT2D eigenvalue weighted by Crippen LogP contribution is 2.20. The molecule has 0 bridgehead atoms. The van der Waals surface area contributed by atoms with E-state index in [1.807, 2.05) is 18.8 Å². The number of thioether (sulfide) groups is 1. The molecule has 0 spiro atoms. The van der Waals surface area contributed by atoms with Crippen LogP contribution in [0.4, 0.5) is 0 Å². The van der Waals surface area contributed by atoms with Crippen molar-refractivity contribution in [2.75, 3.05) is 26.0 Å². The summed E-state index contributed by atoms with van der Waals surface area (Å²) in [6.45, 7) is 8.35. The Morgan fingerprint density at radius 3 is 2.37 bits per heavy atom. The van der Waals surface area contributed by atoms with Crippen LogP contribution in [-0.4, -0.2) is 26.0 Å². The van der Waals surface area contributed by atoms with Gasteiger partial charge in [0.15, 0.2) is 0 Å². The van der Waals surface area contributed by atoms with Gasteiger partial charge in [0.2, 0.25) is 0 Å². The Kier molecular flexibility index (Phi) is 8.19. The highest BCUT2D eigenvalue weighted by molar-refractivity contribution is 7.99. The Hall–Kier alpha value is -0.510. The predicted molar refractivity (Wildman–Crippen MR) is 84.9 cm³/mol. The largest absolute Gasteiger partial charge is 0.381 e. The molecule has 0 aliphatic heterocycles. The van der Waals surface area contributed by atoms with Crippen LogP contribution in [0.15, 0.2) is 29.2 Å². The van der Waals surface area contributed by atoms with E-state index in [-0.39, 0.29) is 0 Å². The van der Waals surface area contributed by atoms with Crippen LogP contribution in [0.25, 0.3) is 0 Å². The topological polar surface area (TPSA) is 21.3 Å². The average molecular weight is 281 g/mol. The third kappa shape index (κ3) is 7.00. The van der Waals surface area contributed by atoms with E-state index in [0.29, 0.717) is 6.04 Å². The third-order valence-electron chi connectivity index (χ3n) is 3.15. The molecule has 1 aromatic carbocycles. The highest BCUT2D eigenvalue weighted by atomic mass is 32.2. The van der Waals surface area contributed by atoms with Gasteiger partial charge < -0.3 is 10.1 Å². The van der Waals surface area contributed by atoms with Crippen LogP contribution in [-0.2, 0) is 4.74 Å². The lowest BCUT2D eigenvalue weighted by atomic mass is 10.1. The van der Waals surface area contributed by atoms with E-state index >= 15 is 0 Å². The molecule has 1 rings (SSSR count). The van der Waals surface area contributed by atoms with E-state index in [0.717, 1.165) is 31.3 Å². The first-order valence-corrected chi connectivity index (χ1v) is 8.09. The molecule has 0 heterocycles. The fourth-order valence-corrected chi connectivity index (χ4v) is 2.42. The van der Waals surface area contributed by atoms with Gasteiger partial charge in [0, 0.05) is 23.3 Å². The van der Waals surface area contributed by atoms with Crippen molar-refractivity contribution >= 4 is 11.8 Å². The van der Waals surface area contributed by atoms with Crippen molar-refractivity contribution in [3.63, 3.8) is 0 Å². The quantitative estimate of drug-likeness (QED) is 0.543. The smallest absolute Gasteiger partial charge is 0.0560 e. The van der Waals surface area contributed by atoms with Crippen LogP contribution < -0.4 is 5.32 Å². The van der Waals surface area contributed by atoms with Crippen molar-refractivity contribution in [2.45, 2.75) is 38.1 Å². The van der Waals surface area contributed by atoms with Crippen LogP contribution in [0, 0.1) is 5.92 Å². The maximum Gasteiger partial charge on any atom is 0.0560 e. The molecule has 0 fully saturated rings. The second-order valence-corrected chi connectivity index (χ2v) is 6.39. The summed E-state index contributed by atoms with van der Waals surface area (Å²) in [5, 5.41) is 3.25. The Balaban J connectivity index is 2.19. The molecular formula is C16H27NOS. The maximum atomic E-state index is 5.61. The minimum absolute atomic E-state index is 0.415. The molecule has 1 N–H and O–H groups in total. The molecule has 1 aromatic rings. The molecule has 1 unspecified atom stereocenters. The van der Waals surface area contributed by atoms with E-state index < -0.39 is 0 Å². The van der Waals surface area contributed by atoms with E-state index in [9.17, 15) is 0 Å². The standard InChI is InChI=1S/C16H27NOS/c1-13(2)9-10-18-11-12-19-16-7-5-15(6-8-16)14(3)17-4/h5-8,13-14,17H,9-12H2,1-4H3. The van der Waals surface area contributed by atoms with Gasteiger partial charge in [-0.15, -0.1) is 11.8 Å². The lowest BCUT2D eigenvalue weighted by Crippen LogP contribution is -2.11. The van der Waals surface area contributed by atoms with Crippen LogP contribution in [0.5, 0.6) is 0 Å². The molecule has 0 amide bonds. The van der Waals surface area contributed by atoms with Crippen molar-refractivity contribution in [1.29, 1.82) is 0 Å². The van der Waals surface area contributed by atoms with Crippen molar-refractivity contribution < 1.29 is 4.74 Å². The van der Waals surface area contributed by atoms with Gasteiger partial charge in [-0.1, -0.05) is 26.0 Å². The number of benzene rings is 1. The molecule has 19 heavy (non-hydrogen) atoms. The van der Waals surface area contributed by atoms with Gasteiger partial charge in [0.05, 0.1) is 6.61 Å². The summed E-state index contributed by atoms with van der Waals surface area (Å²) in [6.07, 6.45) is 1.15. The lowest BCUT2D eigenvalue weighted by Gasteiger charge is -2.11. The molecule has 2 nitrogen and oxygen atoms in total. The second-order valence-electron chi connectivity index (χ2n) is 5.22. The number of hydrogen-bond donors (Lipinski definition) is 1. The van der Waals surface area contributed by atoms with Crippen LogP contribution in [0.3, 0.4) is 0 Å². The van der Waals surface area contributed by atoms with Crippen LogP contribution >= 0.6 is 11.8 Å². The summed E-state index contributed by atoms with van der Waals surface area (Å²) in [5.74, 6) is 1.76. The van der Waals surface area contributed by atoms with Gasteiger partial charge in [0.25, 0.3) is 0 Å². The van der Waals surface area contributed by atoms with E-state index in [4.69, 9.17) is 4.74 Å². The Bertz CT molecular complexity index is 337. The zero-order valence-electron chi connectivity index (χ0n) is 12.6. The number of hydrogen-bond acceptors (Lipinski definition) is 3. The van der Waals surface area contributed by atoms with Crippen molar-refractivity contribution in [1.82, 2.24) is 5.32 Å². The van der Waals surface area contributed by atoms with E-state index in [1.54, 1.807) is 0 Å². The van der Waals surface area contributed by atoms with Gasteiger partial charge in [-0.3, -0.25) is 0 Å². The molecule has 0 saturated heterocycles. The monoisotopic (exact) mass is 281 g/mol. The molecule has 3 heteroatoms. The molecule has 1 atom stereocenters. The Labute approximate surface area is 122 Å². The van der Waals surface area contributed by atoms with Gasteiger partial charge in [-0.25, -0.2) is 0 Å². The Morgan fingerprint density at radius 1 is 1.11 bits per heavy atom. The molecule has 0 aliphatic rings. The lowest BCUT2D eigenvalue weighted by molar-refractivity contribution is 0.138. The number of rotatable bonds is 9. The average Bonchev–Trinajstić information content (AvgIpc) is 2.42. The first-order valence-electron chi connectivity index (χ1n) is 7.11. The maximum absolute atomic E-state index is 5.61. The van der Waals surface area contributed by atoms with Crippen molar-refractivity contribution in [3.8, 4) is 0 Å². The summed E-state index contributed by atoms with van der Waals surface area (Å²) >= 11 is 1.86. The van der Waals surface area contributed by atoms with E-state index in [2.05, 4.69) is 50.4 Å². The zero-order valence-corrected chi connectivity index (χ0v) is 13.4. The number of nitrogens with one attached hydrogen (secondary N) is 1. The SMILES string of the molecule is CNC(C)c1ccc(SCCOCCC(C)C)cc1. The Morgan fingerprint density at radius 2 is 1.79 bits per heavy atom. The summed E-state index contributed by atoms with van der Waals surface area (Å²) < 4.78 is 5.61. The minimum Gasteiger partial charge on any atom is -0.381 e. The first-order chi connectivity index (χ1) is 9.13. The predicted octanol–water partition coefficient (Wildman–Crippen LogP) is 4.12. The third-order valence-corrected chi connectivity index (χ3v) is 4.13. The van der Waals surface area contributed by atoms with Crippen LogP contribution in [0.2, 0.25) is 0 Å². The van der Waals surface area contributed by atoms with Crippen molar-refractivity contribution in [2.24, 2.45) is 5.92 Å². The molecule has 0 saturated carbocycles. The normalized spacial score (nSPS) is 12.9. The van der Waals surface area contributed by atoms with Crippen LogP contribution in [0.1, 0.15) is 38.8 Å². The fraction of sp³-hybridized carbons (Fsp3) is 0.625. The van der Waals surface area contributed by atoms with Gasteiger partial charge >= 0.3 is 0 Å². The molecule has 0 radical (unpaired) electrons. The summed E-state index contributed by atoms with van der Waals surface area (Å²) in [4.78, 5) is 1.32. The summed E-state index contributed by atoms with van der Waals surface area (Å²) in [5.41, 5.74) is 1.33. The van der Waals surface area contributed by atoms with Crippen molar-refractivity contribution in [3.05, 3.63) is 29.8 Å².